The van der Waals surface area contributed by atoms with Gasteiger partial charge in [-0.1, -0.05) is 61.9 Å². The van der Waals surface area contributed by atoms with Crippen molar-refractivity contribution in [1.29, 1.82) is 0 Å². The quantitative estimate of drug-likeness (QED) is 0.701. The van der Waals surface area contributed by atoms with Crippen molar-refractivity contribution in [2.24, 2.45) is 5.73 Å². The summed E-state index contributed by atoms with van der Waals surface area (Å²) in [6.07, 6.45) is 4.79. The van der Waals surface area contributed by atoms with Gasteiger partial charge >= 0.3 is 0 Å². The zero-order valence-electron chi connectivity index (χ0n) is 11.4. The molecule has 0 spiro atoms. The first-order valence-corrected chi connectivity index (χ1v) is 7.69. The lowest BCUT2D eigenvalue weighted by molar-refractivity contribution is 0.132. The van der Waals surface area contributed by atoms with Gasteiger partial charge in [0.25, 0.3) is 0 Å². The SMILES string of the molecule is CCCCCCC(O)C(CN)c1c(Cl)cccc1Cl. The first-order valence-electron chi connectivity index (χ1n) is 6.93. The van der Waals surface area contributed by atoms with Crippen LogP contribution in [0.2, 0.25) is 10.0 Å². The van der Waals surface area contributed by atoms with E-state index in [0.29, 0.717) is 16.6 Å². The minimum absolute atomic E-state index is 0.192. The predicted molar refractivity (Wildman–Crippen MR) is 83.0 cm³/mol. The molecule has 1 aromatic carbocycles. The molecular weight excluding hydrogens is 281 g/mol. The molecule has 3 N–H and O–H groups in total. The lowest BCUT2D eigenvalue weighted by atomic mass is 9.90. The molecule has 2 unspecified atom stereocenters. The number of hydrogen-bond acceptors (Lipinski definition) is 2. The number of aliphatic hydroxyl groups is 1. The van der Waals surface area contributed by atoms with Crippen LogP contribution in [0.15, 0.2) is 18.2 Å². The molecule has 0 radical (unpaired) electrons. The van der Waals surface area contributed by atoms with Gasteiger partial charge in [0.05, 0.1) is 6.10 Å². The van der Waals surface area contributed by atoms with Gasteiger partial charge in [0.15, 0.2) is 0 Å². The van der Waals surface area contributed by atoms with E-state index in [2.05, 4.69) is 6.92 Å². The van der Waals surface area contributed by atoms with E-state index in [1.807, 2.05) is 0 Å². The smallest absolute Gasteiger partial charge is 0.0621 e. The Kier molecular flexibility index (Phi) is 7.77. The van der Waals surface area contributed by atoms with Crippen molar-refractivity contribution in [2.45, 2.75) is 51.0 Å². The van der Waals surface area contributed by atoms with E-state index in [4.69, 9.17) is 28.9 Å². The van der Waals surface area contributed by atoms with Crippen molar-refractivity contribution in [3.05, 3.63) is 33.8 Å². The Hall–Kier alpha value is -0.280. The third-order valence-corrected chi connectivity index (χ3v) is 4.10. The molecule has 2 nitrogen and oxygen atoms in total. The van der Waals surface area contributed by atoms with Crippen LogP contribution in [0.25, 0.3) is 0 Å². The Labute approximate surface area is 125 Å². The normalized spacial score (nSPS) is 14.4. The second-order valence-electron chi connectivity index (χ2n) is 4.89. The third-order valence-electron chi connectivity index (χ3n) is 3.44. The van der Waals surface area contributed by atoms with E-state index >= 15 is 0 Å². The van der Waals surface area contributed by atoms with E-state index in [-0.39, 0.29) is 5.92 Å². The molecule has 0 aliphatic rings. The van der Waals surface area contributed by atoms with Crippen LogP contribution < -0.4 is 5.73 Å². The Morgan fingerprint density at radius 2 is 1.79 bits per heavy atom. The fourth-order valence-electron chi connectivity index (χ4n) is 2.31. The van der Waals surface area contributed by atoms with Crippen molar-refractivity contribution in [3.8, 4) is 0 Å². The highest BCUT2D eigenvalue weighted by molar-refractivity contribution is 6.36. The van der Waals surface area contributed by atoms with Gasteiger partial charge in [-0.15, -0.1) is 0 Å². The highest BCUT2D eigenvalue weighted by atomic mass is 35.5. The Morgan fingerprint density at radius 1 is 1.16 bits per heavy atom. The van der Waals surface area contributed by atoms with Gasteiger partial charge < -0.3 is 10.8 Å². The van der Waals surface area contributed by atoms with E-state index in [1.54, 1.807) is 18.2 Å². The monoisotopic (exact) mass is 303 g/mol. The van der Waals surface area contributed by atoms with Gasteiger partial charge in [-0.3, -0.25) is 0 Å². The van der Waals surface area contributed by atoms with Crippen LogP contribution in [-0.4, -0.2) is 17.8 Å². The number of unbranched alkanes of at least 4 members (excludes halogenated alkanes) is 3. The van der Waals surface area contributed by atoms with Crippen molar-refractivity contribution < 1.29 is 5.11 Å². The van der Waals surface area contributed by atoms with E-state index in [0.717, 1.165) is 24.8 Å². The van der Waals surface area contributed by atoms with Crippen LogP contribution >= 0.6 is 23.2 Å². The van der Waals surface area contributed by atoms with Crippen molar-refractivity contribution in [1.82, 2.24) is 0 Å². The average Bonchev–Trinajstić information content (AvgIpc) is 2.39. The molecule has 0 saturated heterocycles. The maximum absolute atomic E-state index is 10.3. The van der Waals surface area contributed by atoms with Gasteiger partial charge in [0.1, 0.15) is 0 Å². The standard InChI is InChI=1S/C15H23Cl2NO/c1-2-3-4-5-9-14(19)11(10-18)15-12(16)7-6-8-13(15)17/h6-8,11,14,19H,2-5,9-10,18H2,1H3. The molecule has 1 rings (SSSR count). The number of nitrogens with two attached hydrogens (primary N) is 1. The Bertz CT molecular complexity index is 364. The van der Waals surface area contributed by atoms with Gasteiger partial charge in [0.2, 0.25) is 0 Å². The van der Waals surface area contributed by atoms with E-state index in [1.165, 1.54) is 12.8 Å². The van der Waals surface area contributed by atoms with Gasteiger partial charge in [-0.25, -0.2) is 0 Å². The number of halogens is 2. The van der Waals surface area contributed by atoms with Crippen LogP contribution in [0.4, 0.5) is 0 Å². The molecule has 0 aliphatic carbocycles. The molecule has 108 valence electrons. The molecule has 0 amide bonds. The Morgan fingerprint density at radius 3 is 2.32 bits per heavy atom. The van der Waals surface area contributed by atoms with Crippen LogP contribution in [-0.2, 0) is 0 Å². The fourth-order valence-corrected chi connectivity index (χ4v) is 2.99. The molecule has 0 fully saturated rings. The number of benzene rings is 1. The summed E-state index contributed by atoms with van der Waals surface area (Å²) in [5.74, 6) is -0.192. The topological polar surface area (TPSA) is 46.2 Å². The summed E-state index contributed by atoms with van der Waals surface area (Å²) >= 11 is 12.4. The fraction of sp³-hybridized carbons (Fsp3) is 0.600. The molecule has 4 heteroatoms. The Balaban J connectivity index is 2.71. The van der Waals surface area contributed by atoms with Crippen LogP contribution in [0.3, 0.4) is 0 Å². The van der Waals surface area contributed by atoms with Gasteiger partial charge in [-0.05, 0) is 24.1 Å². The second-order valence-corrected chi connectivity index (χ2v) is 5.71. The molecule has 0 saturated carbocycles. The first-order chi connectivity index (χ1) is 9.11. The van der Waals surface area contributed by atoms with Crippen LogP contribution in [0, 0.1) is 0 Å². The maximum Gasteiger partial charge on any atom is 0.0621 e. The van der Waals surface area contributed by atoms with Crippen LogP contribution in [0.5, 0.6) is 0 Å². The molecule has 19 heavy (non-hydrogen) atoms. The largest absolute Gasteiger partial charge is 0.392 e. The highest BCUT2D eigenvalue weighted by Gasteiger charge is 2.23. The predicted octanol–water partition coefficient (Wildman–Crippen LogP) is 4.37. The summed E-state index contributed by atoms with van der Waals surface area (Å²) in [5, 5.41) is 11.5. The lowest BCUT2D eigenvalue weighted by Crippen LogP contribution is -2.26. The third kappa shape index (κ3) is 4.96. The summed E-state index contributed by atoms with van der Waals surface area (Å²) in [6.45, 7) is 2.51. The molecule has 2 atom stereocenters. The summed E-state index contributed by atoms with van der Waals surface area (Å²) in [7, 11) is 0. The number of hydrogen-bond donors (Lipinski definition) is 2. The number of rotatable bonds is 8. The van der Waals surface area contributed by atoms with Crippen LogP contribution in [0.1, 0.15) is 50.5 Å². The average molecular weight is 304 g/mol. The summed E-state index contributed by atoms with van der Waals surface area (Å²) in [5.41, 5.74) is 6.57. The van der Waals surface area contributed by atoms with Crippen molar-refractivity contribution in [2.75, 3.05) is 6.54 Å². The molecule has 0 aromatic heterocycles. The van der Waals surface area contributed by atoms with Gasteiger partial charge in [0, 0.05) is 22.5 Å². The van der Waals surface area contributed by atoms with Crippen molar-refractivity contribution >= 4 is 23.2 Å². The minimum Gasteiger partial charge on any atom is -0.392 e. The molecular formula is C15H23Cl2NO. The maximum atomic E-state index is 10.3. The summed E-state index contributed by atoms with van der Waals surface area (Å²) in [4.78, 5) is 0. The molecule has 1 aromatic rings. The summed E-state index contributed by atoms with van der Waals surface area (Å²) in [6, 6.07) is 5.37. The molecule has 0 aliphatic heterocycles. The zero-order chi connectivity index (χ0) is 14.3. The highest BCUT2D eigenvalue weighted by Crippen LogP contribution is 2.34. The zero-order valence-corrected chi connectivity index (χ0v) is 12.9. The van der Waals surface area contributed by atoms with E-state index < -0.39 is 6.10 Å². The summed E-state index contributed by atoms with van der Waals surface area (Å²) < 4.78 is 0. The molecule has 0 bridgehead atoms. The van der Waals surface area contributed by atoms with E-state index in [9.17, 15) is 5.11 Å². The molecule has 0 heterocycles. The number of aliphatic hydroxyl groups excluding tert-OH is 1. The first kappa shape index (κ1) is 16.8. The second kappa shape index (κ2) is 8.80. The van der Waals surface area contributed by atoms with Crippen molar-refractivity contribution in [3.63, 3.8) is 0 Å². The minimum atomic E-state index is -0.487. The van der Waals surface area contributed by atoms with Gasteiger partial charge in [-0.2, -0.15) is 0 Å². The lowest BCUT2D eigenvalue weighted by Gasteiger charge is -2.24.